The van der Waals surface area contributed by atoms with E-state index in [0.29, 0.717) is 0 Å². The Morgan fingerprint density at radius 2 is 2.10 bits per heavy atom. The highest BCUT2D eigenvalue weighted by Gasteiger charge is 2.36. The molecule has 0 heterocycles. The number of nitro benzene ring substituents is 1. The Balaban J connectivity index is 0.00000200. The number of aliphatic hydroxyl groups excluding tert-OH is 1. The van der Waals surface area contributed by atoms with Crippen LogP contribution in [0.25, 0.3) is 0 Å². The number of nitrogens with zero attached hydrogens (tertiary/aromatic N) is 1. The minimum atomic E-state index is -0.874. The molecule has 0 radical (unpaired) electrons. The fourth-order valence-electron chi connectivity index (χ4n) is 2.04. The van der Waals surface area contributed by atoms with E-state index in [9.17, 15) is 20.3 Å². The molecule has 1 fully saturated rings. The summed E-state index contributed by atoms with van der Waals surface area (Å²) in [7, 11) is 1.30. The molecule has 2 atom stereocenters. The molecule has 0 spiro atoms. The van der Waals surface area contributed by atoms with E-state index in [4.69, 9.17) is 10.5 Å². The number of halogens is 1. The third kappa shape index (κ3) is 3.12. The van der Waals surface area contributed by atoms with Gasteiger partial charge in [0.1, 0.15) is 0 Å². The highest BCUT2D eigenvalue weighted by molar-refractivity contribution is 5.85. The number of nitro groups is 1. The average molecular weight is 305 g/mol. The van der Waals surface area contributed by atoms with E-state index in [0.717, 1.165) is 18.9 Å². The van der Waals surface area contributed by atoms with Gasteiger partial charge in [-0.3, -0.25) is 10.1 Å². The van der Waals surface area contributed by atoms with Crippen molar-refractivity contribution in [1.82, 2.24) is 0 Å². The maximum Gasteiger partial charge on any atom is 0.273 e. The summed E-state index contributed by atoms with van der Waals surface area (Å²) in [5, 5.41) is 30.8. The van der Waals surface area contributed by atoms with Crippen molar-refractivity contribution >= 4 is 18.1 Å². The number of hydrogen-bond donors (Lipinski definition) is 3. The summed E-state index contributed by atoms with van der Waals surface area (Å²) in [5.74, 6) is -0.192. The monoisotopic (exact) mass is 304 g/mol. The van der Waals surface area contributed by atoms with Crippen molar-refractivity contribution in [3.63, 3.8) is 0 Å². The molecular formula is C12H17ClN2O5. The number of benzene rings is 1. The SMILES string of the molecule is COc1cc([N+](=O)[O-])cc([C@H](N)[C@H](O)C2CC2)c1O.Cl. The van der Waals surface area contributed by atoms with Crippen LogP contribution in [0.2, 0.25) is 0 Å². The first-order valence-corrected chi connectivity index (χ1v) is 5.94. The number of aliphatic hydroxyl groups is 1. The Kier molecular flexibility index (Phi) is 5.15. The van der Waals surface area contributed by atoms with Gasteiger partial charge >= 0.3 is 0 Å². The number of aromatic hydroxyl groups is 1. The lowest BCUT2D eigenvalue weighted by Gasteiger charge is -2.20. The van der Waals surface area contributed by atoms with E-state index in [1.54, 1.807) is 0 Å². The number of hydrogen-bond acceptors (Lipinski definition) is 6. The smallest absolute Gasteiger partial charge is 0.273 e. The predicted octanol–water partition coefficient (Wildman–Crippen LogP) is 1.50. The molecule has 1 aliphatic rings. The number of non-ortho nitro benzene ring substituents is 1. The molecule has 112 valence electrons. The lowest BCUT2D eigenvalue weighted by Crippen LogP contribution is -2.28. The number of rotatable bonds is 5. The summed E-state index contributed by atoms with van der Waals surface area (Å²) in [6.07, 6.45) is 0.932. The molecule has 1 aliphatic carbocycles. The van der Waals surface area contributed by atoms with E-state index in [1.165, 1.54) is 13.2 Å². The van der Waals surface area contributed by atoms with Crippen molar-refractivity contribution in [2.45, 2.75) is 25.0 Å². The third-order valence-corrected chi connectivity index (χ3v) is 3.35. The van der Waals surface area contributed by atoms with Crippen LogP contribution in [0, 0.1) is 16.0 Å². The zero-order valence-electron chi connectivity index (χ0n) is 10.9. The summed E-state index contributed by atoms with van der Waals surface area (Å²) in [6.45, 7) is 0. The summed E-state index contributed by atoms with van der Waals surface area (Å²) in [5.41, 5.74) is 5.78. The van der Waals surface area contributed by atoms with Gasteiger partial charge in [-0.25, -0.2) is 0 Å². The highest BCUT2D eigenvalue weighted by Crippen LogP contribution is 2.42. The van der Waals surface area contributed by atoms with Gasteiger partial charge in [0.25, 0.3) is 5.69 Å². The number of nitrogens with two attached hydrogens (primary N) is 1. The zero-order valence-corrected chi connectivity index (χ0v) is 11.7. The van der Waals surface area contributed by atoms with Gasteiger partial charge in [0, 0.05) is 11.6 Å². The zero-order chi connectivity index (χ0) is 14.2. The van der Waals surface area contributed by atoms with Crippen LogP contribution in [0.4, 0.5) is 5.69 Å². The van der Waals surface area contributed by atoms with E-state index >= 15 is 0 Å². The van der Waals surface area contributed by atoms with Gasteiger partial charge < -0.3 is 20.7 Å². The molecule has 2 rings (SSSR count). The number of phenols is 1. The fourth-order valence-corrected chi connectivity index (χ4v) is 2.04. The molecule has 1 saturated carbocycles. The van der Waals surface area contributed by atoms with Crippen LogP contribution in [-0.2, 0) is 0 Å². The van der Waals surface area contributed by atoms with Crippen molar-refractivity contribution in [1.29, 1.82) is 0 Å². The van der Waals surface area contributed by atoms with Gasteiger partial charge in [-0.2, -0.15) is 0 Å². The van der Waals surface area contributed by atoms with Gasteiger partial charge in [0.15, 0.2) is 11.5 Å². The topological polar surface area (TPSA) is 119 Å². The van der Waals surface area contributed by atoms with Crippen LogP contribution < -0.4 is 10.5 Å². The molecule has 8 heteroatoms. The largest absolute Gasteiger partial charge is 0.504 e. The van der Waals surface area contributed by atoms with Gasteiger partial charge in [0.05, 0.1) is 30.2 Å². The van der Waals surface area contributed by atoms with Crippen molar-refractivity contribution in [3.8, 4) is 11.5 Å². The lowest BCUT2D eigenvalue weighted by molar-refractivity contribution is -0.385. The molecule has 0 bridgehead atoms. The fraction of sp³-hybridized carbons (Fsp3) is 0.500. The minimum absolute atomic E-state index is 0. The van der Waals surface area contributed by atoms with Crippen LogP contribution in [0.5, 0.6) is 11.5 Å². The Labute approximate surface area is 121 Å². The van der Waals surface area contributed by atoms with E-state index in [-0.39, 0.29) is 41.1 Å². The quantitative estimate of drug-likeness (QED) is 0.560. The summed E-state index contributed by atoms with van der Waals surface area (Å²) in [6, 6.07) is 1.42. The molecule has 4 N–H and O–H groups in total. The van der Waals surface area contributed by atoms with Gasteiger partial charge in [0.2, 0.25) is 0 Å². The molecule has 0 aliphatic heterocycles. The number of phenolic OH excluding ortho intramolecular Hbond substituents is 1. The average Bonchev–Trinajstić information content (AvgIpc) is 3.21. The van der Waals surface area contributed by atoms with Crippen LogP contribution in [0.15, 0.2) is 12.1 Å². The van der Waals surface area contributed by atoms with Crippen LogP contribution in [-0.4, -0.2) is 28.4 Å². The lowest BCUT2D eigenvalue weighted by atomic mass is 9.97. The minimum Gasteiger partial charge on any atom is -0.504 e. The summed E-state index contributed by atoms with van der Waals surface area (Å²) >= 11 is 0. The Hall–Kier alpha value is -1.57. The van der Waals surface area contributed by atoms with Crippen LogP contribution in [0.3, 0.4) is 0 Å². The van der Waals surface area contributed by atoms with Gasteiger partial charge in [-0.1, -0.05) is 0 Å². The maximum atomic E-state index is 10.8. The van der Waals surface area contributed by atoms with Crippen molar-refractivity contribution in [3.05, 3.63) is 27.8 Å². The molecule has 20 heavy (non-hydrogen) atoms. The van der Waals surface area contributed by atoms with Gasteiger partial charge in [-0.05, 0) is 18.8 Å². The maximum absolute atomic E-state index is 10.8. The second-order valence-corrected chi connectivity index (χ2v) is 4.70. The molecule has 1 aromatic rings. The second kappa shape index (κ2) is 6.25. The first kappa shape index (κ1) is 16.5. The van der Waals surface area contributed by atoms with Crippen molar-refractivity contribution in [2.75, 3.05) is 7.11 Å². The van der Waals surface area contributed by atoms with Gasteiger partial charge in [-0.15, -0.1) is 12.4 Å². The number of methoxy groups -OCH3 is 1. The first-order chi connectivity index (χ1) is 8.95. The third-order valence-electron chi connectivity index (χ3n) is 3.35. The molecule has 0 saturated heterocycles. The Morgan fingerprint density at radius 3 is 2.55 bits per heavy atom. The number of ether oxygens (including phenoxy) is 1. The molecule has 0 amide bonds. The second-order valence-electron chi connectivity index (χ2n) is 4.70. The van der Waals surface area contributed by atoms with Crippen molar-refractivity contribution < 1.29 is 19.9 Å². The molecule has 1 aromatic carbocycles. The Morgan fingerprint density at radius 1 is 1.50 bits per heavy atom. The van der Waals surface area contributed by atoms with E-state index in [2.05, 4.69) is 0 Å². The first-order valence-electron chi connectivity index (χ1n) is 5.94. The van der Waals surface area contributed by atoms with Crippen LogP contribution >= 0.6 is 12.4 Å². The van der Waals surface area contributed by atoms with E-state index in [1.807, 2.05) is 0 Å². The highest BCUT2D eigenvalue weighted by atomic mass is 35.5. The molecule has 0 unspecified atom stereocenters. The van der Waals surface area contributed by atoms with E-state index < -0.39 is 17.1 Å². The summed E-state index contributed by atoms with van der Waals surface area (Å²) in [4.78, 5) is 10.2. The molecular weight excluding hydrogens is 288 g/mol. The Bertz CT molecular complexity index is 507. The molecule has 0 aromatic heterocycles. The predicted molar refractivity (Wildman–Crippen MR) is 74.2 cm³/mol. The summed E-state index contributed by atoms with van der Waals surface area (Å²) < 4.78 is 4.89. The normalized spacial score (nSPS) is 16.9. The molecule has 7 nitrogen and oxygen atoms in total. The van der Waals surface area contributed by atoms with Crippen LogP contribution in [0.1, 0.15) is 24.4 Å². The standard InChI is InChI=1S/C12H16N2O5.ClH/c1-19-9-5-7(14(17)18)4-8(12(9)16)10(13)11(15)6-2-3-6;/h4-6,10-11,15-16H,2-3,13H2,1H3;1H/t10-,11+;/m0./s1. The van der Waals surface area contributed by atoms with Crippen molar-refractivity contribution in [2.24, 2.45) is 11.7 Å².